The molecule has 3 heteroatoms. The summed E-state index contributed by atoms with van der Waals surface area (Å²) in [6.45, 7) is 0. The zero-order valence-electron chi connectivity index (χ0n) is 8.32. The van der Waals surface area contributed by atoms with Gasteiger partial charge in [-0.2, -0.15) is 0 Å². The maximum Gasteiger partial charge on any atom is 0.335 e. The first-order valence-electron chi connectivity index (χ1n) is 4.32. The van der Waals surface area contributed by atoms with Crippen LogP contribution in [0.25, 0.3) is 0 Å². The van der Waals surface area contributed by atoms with E-state index in [1.807, 2.05) is 0 Å². The Kier molecular flexibility index (Phi) is 6.31. The minimum absolute atomic E-state index is 0.139. The molecule has 1 aromatic carbocycles. The minimum Gasteiger partial charge on any atom is -0.478 e. The Morgan fingerprint density at radius 3 is 1.77 bits per heavy atom. The lowest BCUT2D eigenvalue weighted by Gasteiger charge is -1.88. The number of carbonyl (C=O) groups is 1. The van der Waals surface area contributed by atoms with Crippen LogP contribution < -0.4 is 0 Å². The lowest BCUT2D eigenvalue weighted by Crippen LogP contribution is -1.93. The normalized spacial score (nSPS) is 8.23. The first kappa shape index (κ1) is 12.2. The molecular formula is C10H15AlO2. The van der Waals surface area contributed by atoms with Crippen molar-refractivity contribution in [3.05, 3.63) is 35.9 Å². The number of hydrogen-bond acceptors (Lipinski definition) is 1. The molecule has 1 aromatic rings. The summed E-state index contributed by atoms with van der Waals surface area (Å²) in [4.78, 5) is 10.2. The number of hydrogen-bond donors (Lipinski definition) is 1. The zero-order chi connectivity index (χ0) is 10.3. The van der Waals surface area contributed by atoms with Gasteiger partial charge in [-0.15, -0.1) is 17.4 Å². The van der Waals surface area contributed by atoms with Gasteiger partial charge in [-0.25, -0.2) is 4.79 Å². The molecule has 2 nitrogen and oxygen atoms in total. The van der Waals surface area contributed by atoms with Crippen molar-refractivity contribution in [2.24, 2.45) is 0 Å². The molecular weight excluding hydrogens is 179 g/mol. The largest absolute Gasteiger partial charge is 0.478 e. The van der Waals surface area contributed by atoms with Crippen LogP contribution in [0.3, 0.4) is 0 Å². The molecule has 0 spiro atoms. The third-order valence-corrected chi connectivity index (χ3v) is 1.02. The van der Waals surface area contributed by atoms with Gasteiger partial charge in [0.15, 0.2) is 0 Å². The van der Waals surface area contributed by atoms with E-state index in [2.05, 4.69) is 17.4 Å². The van der Waals surface area contributed by atoms with Crippen LogP contribution in [0.1, 0.15) is 10.4 Å². The van der Waals surface area contributed by atoms with Gasteiger partial charge in [-0.3, -0.25) is 0 Å². The molecule has 1 N–H and O–H groups in total. The molecule has 0 aliphatic rings. The highest BCUT2D eigenvalue weighted by Gasteiger charge is 1.96. The van der Waals surface area contributed by atoms with E-state index >= 15 is 0 Å². The number of benzene rings is 1. The van der Waals surface area contributed by atoms with Crippen LogP contribution in [-0.4, -0.2) is 25.2 Å². The van der Waals surface area contributed by atoms with Crippen molar-refractivity contribution < 1.29 is 9.90 Å². The number of carboxylic acids is 1. The Bertz CT molecular complexity index is 242. The van der Waals surface area contributed by atoms with Crippen LogP contribution in [-0.2, 0) is 0 Å². The molecule has 0 amide bonds. The predicted molar refractivity (Wildman–Crippen MR) is 56.7 cm³/mol. The Morgan fingerprint density at radius 1 is 1.15 bits per heavy atom. The monoisotopic (exact) mass is 194 g/mol. The summed E-state index contributed by atoms with van der Waals surface area (Å²) in [5, 5.41) is 8.38. The second-order valence-electron chi connectivity index (χ2n) is 3.40. The highest BCUT2D eigenvalue weighted by Crippen LogP contribution is 1.96. The van der Waals surface area contributed by atoms with Crippen LogP contribution in [0.4, 0.5) is 0 Å². The summed E-state index contributed by atoms with van der Waals surface area (Å²) in [7, 11) is 0. The molecule has 0 aromatic heterocycles. The fourth-order valence-electron chi connectivity index (χ4n) is 0.581. The first-order chi connectivity index (χ1) is 6.04. The highest BCUT2D eigenvalue weighted by molar-refractivity contribution is 6.54. The Morgan fingerprint density at radius 2 is 1.54 bits per heavy atom. The summed E-state index contributed by atoms with van der Waals surface area (Å²) in [5.41, 5.74) is 0.331. The maximum absolute atomic E-state index is 10.2. The van der Waals surface area contributed by atoms with E-state index in [0.29, 0.717) is 5.56 Å². The highest BCUT2D eigenvalue weighted by atomic mass is 27.2. The van der Waals surface area contributed by atoms with Gasteiger partial charge in [0, 0.05) is 0 Å². The van der Waals surface area contributed by atoms with Gasteiger partial charge < -0.3 is 5.11 Å². The van der Waals surface area contributed by atoms with E-state index in [0.717, 1.165) is 0 Å². The number of aromatic carboxylic acids is 1. The van der Waals surface area contributed by atoms with Gasteiger partial charge in [0.1, 0.15) is 0 Å². The summed E-state index contributed by atoms with van der Waals surface area (Å²) >= 11 is -0.139. The molecule has 0 fully saturated rings. The van der Waals surface area contributed by atoms with Crippen molar-refractivity contribution >= 4 is 20.1 Å². The zero-order valence-corrected chi connectivity index (χ0v) is 9.47. The third-order valence-electron chi connectivity index (χ3n) is 1.02. The lowest BCUT2D eigenvalue weighted by molar-refractivity contribution is 0.0697. The molecule has 0 radical (unpaired) electrons. The average molecular weight is 194 g/mol. The van der Waals surface area contributed by atoms with E-state index in [1.54, 1.807) is 30.3 Å². The first-order valence-corrected chi connectivity index (χ1v) is 7.78. The van der Waals surface area contributed by atoms with Gasteiger partial charge in [0.2, 0.25) is 0 Å². The van der Waals surface area contributed by atoms with Gasteiger partial charge in [0.05, 0.1) is 5.56 Å². The average Bonchev–Trinajstić information content (AvgIpc) is 2.05. The van der Waals surface area contributed by atoms with Crippen molar-refractivity contribution in [2.45, 2.75) is 17.4 Å². The van der Waals surface area contributed by atoms with Crippen LogP contribution in [0.5, 0.6) is 0 Å². The van der Waals surface area contributed by atoms with Gasteiger partial charge in [0.25, 0.3) is 14.1 Å². The number of rotatable bonds is 1. The smallest absolute Gasteiger partial charge is 0.335 e. The fourth-order valence-corrected chi connectivity index (χ4v) is 0.581. The maximum atomic E-state index is 10.2. The molecule has 0 aliphatic heterocycles. The van der Waals surface area contributed by atoms with Crippen molar-refractivity contribution in [1.29, 1.82) is 0 Å². The van der Waals surface area contributed by atoms with E-state index in [1.165, 1.54) is 0 Å². The second-order valence-corrected chi connectivity index (χ2v) is 6.87. The SMILES string of the molecule is O=C(O)c1ccccc1.[CH3][Al]([CH3])[CH3]. The fraction of sp³-hybridized carbons (Fsp3) is 0.300. The van der Waals surface area contributed by atoms with Gasteiger partial charge in [-0.1, -0.05) is 18.2 Å². The Hall–Kier alpha value is -0.778. The Labute approximate surface area is 83.6 Å². The van der Waals surface area contributed by atoms with E-state index in [-0.39, 0.29) is 14.1 Å². The topological polar surface area (TPSA) is 37.3 Å². The molecule has 70 valence electrons. The minimum atomic E-state index is -0.879. The Balaban J connectivity index is 0.000000310. The van der Waals surface area contributed by atoms with Gasteiger partial charge >= 0.3 is 5.97 Å². The molecule has 0 bridgehead atoms. The molecule has 0 atom stereocenters. The molecule has 13 heavy (non-hydrogen) atoms. The second kappa shape index (κ2) is 6.71. The van der Waals surface area contributed by atoms with Crippen LogP contribution in [0.2, 0.25) is 17.4 Å². The van der Waals surface area contributed by atoms with Crippen LogP contribution >= 0.6 is 0 Å². The van der Waals surface area contributed by atoms with Gasteiger partial charge in [-0.05, 0) is 12.1 Å². The summed E-state index contributed by atoms with van der Waals surface area (Å²) in [5.74, 6) is 6.04. The van der Waals surface area contributed by atoms with Crippen LogP contribution in [0.15, 0.2) is 30.3 Å². The number of carboxylic acid groups (broad SMARTS) is 1. The van der Waals surface area contributed by atoms with E-state index in [9.17, 15) is 4.79 Å². The molecule has 0 unspecified atom stereocenters. The molecule has 0 saturated carbocycles. The molecule has 0 heterocycles. The summed E-state index contributed by atoms with van der Waals surface area (Å²) in [6, 6.07) is 8.30. The third kappa shape index (κ3) is 7.58. The molecule has 1 rings (SSSR count). The van der Waals surface area contributed by atoms with Crippen LogP contribution in [0, 0.1) is 0 Å². The quantitative estimate of drug-likeness (QED) is 0.698. The van der Waals surface area contributed by atoms with Crippen molar-refractivity contribution in [3.8, 4) is 0 Å². The summed E-state index contributed by atoms with van der Waals surface area (Å²) < 4.78 is 0. The summed E-state index contributed by atoms with van der Waals surface area (Å²) in [6.07, 6.45) is 0. The van der Waals surface area contributed by atoms with Crippen molar-refractivity contribution in [3.63, 3.8) is 0 Å². The van der Waals surface area contributed by atoms with Crippen molar-refractivity contribution in [2.75, 3.05) is 0 Å². The standard InChI is InChI=1S/C7H6O2.3CH3.Al/c8-7(9)6-4-2-1-3-5-6;;;;/h1-5H,(H,8,9);3*1H3;. The molecule has 0 aliphatic carbocycles. The molecule has 0 saturated heterocycles. The van der Waals surface area contributed by atoms with E-state index < -0.39 is 5.97 Å². The van der Waals surface area contributed by atoms with E-state index in [4.69, 9.17) is 5.11 Å². The van der Waals surface area contributed by atoms with Crippen molar-refractivity contribution in [1.82, 2.24) is 0 Å². The predicted octanol–water partition coefficient (Wildman–Crippen LogP) is 2.76. The lowest BCUT2D eigenvalue weighted by atomic mass is 10.2.